The molecule has 2 aliphatic carbocycles. The van der Waals surface area contributed by atoms with E-state index in [9.17, 15) is 14.4 Å². The maximum Gasteiger partial charge on any atom is 0.255 e. The van der Waals surface area contributed by atoms with E-state index in [-0.39, 0.29) is 30.2 Å². The zero-order chi connectivity index (χ0) is 18.7. The standard InChI is InChI=1S/C21H24N2O4/c1-11-12-2-3-13(8-12)19(11)27-15-4-5-16-14(9-15)10-23(21(16)26)17-6-7-18(24)22-20(17)25/h4-5,9,11-13,17,19H,2-3,6-8,10H2,1H3,(H,22,24,25)/t11-,12+,13-,17?,19+/m1/s1. The third kappa shape index (κ3) is 2.65. The number of nitrogens with zero attached hydrogens (tertiary/aromatic N) is 1. The third-order valence-electron chi connectivity index (χ3n) is 7.01. The number of carbonyl (C=O) groups is 3. The molecule has 6 heteroatoms. The topological polar surface area (TPSA) is 75.7 Å². The molecule has 1 aromatic carbocycles. The van der Waals surface area contributed by atoms with Gasteiger partial charge in [-0.2, -0.15) is 0 Å². The summed E-state index contributed by atoms with van der Waals surface area (Å²) in [5.74, 6) is 2.06. The quantitative estimate of drug-likeness (QED) is 0.831. The van der Waals surface area contributed by atoms with Crippen molar-refractivity contribution in [3.63, 3.8) is 0 Å². The lowest BCUT2D eigenvalue weighted by atomic mass is 9.88. The molecule has 1 saturated heterocycles. The van der Waals surface area contributed by atoms with Gasteiger partial charge in [0.05, 0.1) is 0 Å². The predicted molar refractivity (Wildman–Crippen MR) is 96.9 cm³/mol. The fourth-order valence-electron chi connectivity index (χ4n) is 5.51. The first-order chi connectivity index (χ1) is 13.0. The van der Waals surface area contributed by atoms with E-state index in [2.05, 4.69) is 12.2 Å². The molecule has 2 bridgehead atoms. The van der Waals surface area contributed by atoms with Gasteiger partial charge >= 0.3 is 0 Å². The van der Waals surface area contributed by atoms with Gasteiger partial charge < -0.3 is 9.64 Å². The van der Waals surface area contributed by atoms with Gasteiger partial charge in [0.25, 0.3) is 5.91 Å². The van der Waals surface area contributed by atoms with E-state index in [1.807, 2.05) is 18.2 Å². The van der Waals surface area contributed by atoms with Crippen molar-refractivity contribution >= 4 is 17.7 Å². The number of piperidine rings is 1. The highest BCUT2D eigenvalue weighted by atomic mass is 16.5. The molecule has 0 radical (unpaired) electrons. The molecule has 2 aliphatic heterocycles. The van der Waals surface area contributed by atoms with Gasteiger partial charge in [-0.3, -0.25) is 19.7 Å². The smallest absolute Gasteiger partial charge is 0.255 e. The lowest BCUT2D eigenvalue weighted by Crippen LogP contribution is -2.52. The molecule has 0 aromatic heterocycles. The van der Waals surface area contributed by atoms with Crippen LogP contribution in [0.15, 0.2) is 18.2 Å². The second kappa shape index (κ2) is 6.08. The van der Waals surface area contributed by atoms with E-state index < -0.39 is 6.04 Å². The fourth-order valence-corrected chi connectivity index (χ4v) is 5.51. The Labute approximate surface area is 158 Å². The van der Waals surface area contributed by atoms with Gasteiger partial charge in [-0.25, -0.2) is 0 Å². The molecule has 1 aromatic rings. The maximum absolute atomic E-state index is 12.8. The van der Waals surface area contributed by atoms with Crippen molar-refractivity contribution in [3.8, 4) is 5.75 Å². The predicted octanol–water partition coefficient (Wildman–Crippen LogP) is 2.26. The molecule has 1 N–H and O–H groups in total. The number of carbonyl (C=O) groups excluding carboxylic acids is 3. The highest BCUT2D eigenvalue weighted by Gasteiger charge is 2.47. The van der Waals surface area contributed by atoms with Crippen LogP contribution in [0, 0.1) is 17.8 Å². The molecule has 3 fully saturated rings. The van der Waals surface area contributed by atoms with Gasteiger partial charge in [0.15, 0.2) is 0 Å². The summed E-state index contributed by atoms with van der Waals surface area (Å²) >= 11 is 0. The summed E-state index contributed by atoms with van der Waals surface area (Å²) in [5.41, 5.74) is 1.53. The van der Waals surface area contributed by atoms with Crippen molar-refractivity contribution < 1.29 is 19.1 Å². The Morgan fingerprint density at radius 1 is 1.11 bits per heavy atom. The largest absolute Gasteiger partial charge is 0.490 e. The van der Waals surface area contributed by atoms with Gasteiger partial charge in [-0.1, -0.05) is 6.92 Å². The van der Waals surface area contributed by atoms with Crippen LogP contribution in [0.4, 0.5) is 0 Å². The average Bonchev–Trinajstić information content (AvgIpc) is 3.31. The molecule has 5 rings (SSSR count). The van der Waals surface area contributed by atoms with Crippen LogP contribution in [-0.2, 0) is 16.1 Å². The lowest BCUT2D eigenvalue weighted by Gasteiger charge is -2.29. The number of hydrogen-bond acceptors (Lipinski definition) is 4. The van der Waals surface area contributed by atoms with Crippen molar-refractivity contribution in [1.82, 2.24) is 10.2 Å². The van der Waals surface area contributed by atoms with Gasteiger partial charge in [-0.15, -0.1) is 0 Å². The third-order valence-corrected chi connectivity index (χ3v) is 7.01. The minimum atomic E-state index is -0.572. The molecule has 4 aliphatic rings. The second-order valence-electron chi connectivity index (χ2n) is 8.49. The van der Waals surface area contributed by atoms with Crippen LogP contribution in [0.3, 0.4) is 0 Å². The summed E-state index contributed by atoms with van der Waals surface area (Å²) < 4.78 is 6.34. The van der Waals surface area contributed by atoms with Crippen LogP contribution < -0.4 is 10.1 Å². The SMILES string of the molecule is C[C@@H]1[C@H]2CC[C@H](C2)[C@H]1Oc1ccc2c(c1)CN(C1CCC(=O)NC1=O)C2=O. The average molecular weight is 368 g/mol. The summed E-state index contributed by atoms with van der Waals surface area (Å²) in [4.78, 5) is 37.9. The number of amides is 3. The number of rotatable bonds is 3. The van der Waals surface area contributed by atoms with Crippen molar-refractivity contribution in [2.24, 2.45) is 17.8 Å². The van der Waals surface area contributed by atoms with E-state index in [0.717, 1.165) is 17.2 Å². The Bertz CT molecular complexity index is 833. The fraction of sp³-hybridized carbons (Fsp3) is 0.571. The molecule has 142 valence electrons. The number of benzene rings is 1. The molecule has 0 spiro atoms. The first-order valence-corrected chi connectivity index (χ1v) is 9.95. The van der Waals surface area contributed by atoms with E-state index in [1.165, 1.54) is 19.3 Å². The number of imide groups is 1. The van der Waals surface area contributed by atoms with Crippen molar-refractivity contribution in [1.29, 1.82) is 0 Å². The van der Waals surface area contributed by atoms with Crippen LogP contribution in [0.2, 0.25) is 0 Å². The number of fused-ring (bicyclic) bond motifs is 3. The summed E-state index contributed by atoms with van der Waals surface area (Å²) in [6, 6.07) is 5.08. The summed E-state index contributed by atoms with van der Waals surface area (Å²) in [6.45, 7) is 2.68. The minimum absolute atomic E-state index is 0.139. The summed E-state index contributed by atoms with van der Waals surface area (Å²) in [6.07, 6.45) is 4.78. The van der Waals surface area contributed by atoms with E-state index in [0.29, 0.717) is 30.4 Å². The lowest BCUT2D eigenvalue weighted by molar-refractivity contribution is -0.136. The molecule has 5 atom stereocenters. The van der Waals surface area contributed by atoms with Crippen molar-refractivity contribution in [3.05, 3.63) is 29.3 Å². The second-order valence-corrected chi connectivity index (χ2v) is 8.49. The monoisotopic (exact) mass is 368 g/mol. The van der Waals surface area contributed by atoms with Crippen LogP contribution >= 0.6 is 0 Å². The molecule has 3 amide bonds. The minimum Gasteiger partial charge on any atom is -0.490 e. The Kier molecular flexibility index (Phi) is 3.78. The molecule has 2 heterocycles. The van der Waals surface area contributed by atoms with E-state index >= 15 is 0 Å². The Morgan fingerprint density at radius 3 is 2.67 bits per heavy atom. The van der Waals surface area contributed by atoms with Crippen molar-refractivity contribution in [2.45, 2.75) is 57.7 Å². The Balaban J connectivity index is 1.33. The molecule has 6 nitrogen and oxygen atoms in total. The van der Waals surface area contributed by atoms with Gasteiger partial charge in [0.2, 0.25) is 11.8 Å². The van der Waals surface area contributed by atoms with E-state index in [4.69, 9.17) is 4.74 Å². The Morgan fingerprint density at radius 2 is 1.93 bits per heavy atom. The molecular weight excluding hydrogens is 344 g/mol. The van der Waals surface area contributed by atoms with Gasteiger partial charge in [0, 0.05) is 18.5 Å². The molecule has 2 saturated carbocycles. The first kappa shape index (κ1) is 16.8. The van der Waals surface area contributed by atoms with Crippen LogP contribution in [0.5, 0.6) is 5.75 Å². The number of nitrogens with one attached hydrogen (secondary N) is 1. The van der Waals surface area contributed by atoms with Crippen molar-refractivity contribution in [2.75, 3.05) is 0 Å². The molecule has 27 heavy (non-hydrogen) atoms. The zero-order valence-corrected chi connectivity index (χ0v) is 15.4. The normalized spacial score (nSPS) is 34.8. The number of ether oxygens (including phenoxy) is 1. The molecule has 1 unspecified atom stereocenters. The zero-order valence-electron chi connectivity index (χ0n) is 15.4. The van der Waals surface area contributed by atoms with Gasteiger partial charge in [-0.05, 0) is 67.2 Å². The van der Waals surface area contributed by atoms with Gasteiger partial charge in [0.1, 0.15) is 17.9 Å². The highest BCUT2D eigenvalue weighted by Crippen LogP contribution is 2.49. The maximum atomic E-state index is 12.8. The molecular formula is C21H24N2O4. The summed E-state index contributed by atoms with van der Waals surface area (Å²) in [5, 5.41) is 2.34. The van der Waals surface area contributed by atoms with E-state index in [1.54, 1.807) is 4.90 Å². The van der Waals surface area contributed by atoms with Crippen LogP contribution in [0.1, 0.15) is 54.9 Å². The highest BCUT2D eigenvalue weighted by molar-refractivity contribution is 6.05. The summed E-state index contributed by atoms with van der Waals surface area (Å²) in [7, 11) is 0. The van der Waals surface area contributed by atoms with Crippen LogP contribution in [-0.4, -0.2) is 34.8 Å². The number of hydrogen-bond donors (Lipinski definition) is 1. The first-order valence-electron chi connectivity index (χ1n) is 9.95. The Hall–Kier alpha value is -2.37. The van der Waals surface area contributed by atoms with Crippen LogP contribution in [0.25, 0.3) is 0 Å².